The molecule has 0 bridgehead atoms. The smallest absolute Gasteiger partial charge is 0.243 e. The van der Waals surface area contributed by atoms with Gasteiger partial charge in [0.15, 0.2) is 0 Å². The molecule has 92 valence electrons. The number of nitrogens with zero attached hydrogens (tertiary/aromatic N) is 1. The maximum absolute atomic E-state index is 12.2. The molecule has 0 unspecified atom stereocenters. The van der Waals surface area contributed by atoms with E-state index in [0.29, 0.717) is 19.6 Å². The minimum absolute atomic E-state index is 0.0227. The second kappa shape index (κ2) is 5.19. The molecule has 1 aliphatic rings. The monoisotopic (exact) mass is 234 g/mol. The topological polar surface area (TPSA) is 55.6 Å². The van der Waals surface area contributed by atoms with Crippen molar-refractivity contribution in [2.45, 2.75) is 25.8 Å². The lowest BCUT2D eigenvalue weighted by Crippen LogP contribution is -2.43. The maximum Gasteiger partial charge on any atom is 0.243 e. The number of carbonyl (C=O) groups is 1. The van der Waals surface area contributed by atoms with E-state index in [-0.39, 0.29) is 5.91 Å². The Morgan fingerprint density at radius 3 is 3.06 bits per heavy atom. The van der Waals surface area contributed by atoms with Gasteiger partial charge >= 0.3 is 0 Å². The summed E-state index contributed by atoms with van der Waals surface area (Å²) in [4.78, 5) is 13.9. The van der Waals surface area contributed by atoms with Crippen LogP contribution < -0.4 is 15.4 Å². The molecule has 0 radical (unpaired) electrons. The van der Waals surface area contributed by atoms with Crippen LogP contribution in [0.15, 0.2) is 24.3 Å². The molecule has 0 saturated carbocycles. The lowest BCUT2D eigenvalue weighted by atomic mass is 10.2. The number of amides is 1. The Labute approximate surface area is 101 Å². The Morgan fingerprint density at radius 2 is 2.29 bits per heavy atom. The molecule has 0 aromatic heterocycles. The minimum atomic E-state index is -0.429. The van der Waals surface area contributed by atoms with Crippen molar-refractivity contribution in [1.82, 2.24) is 0 Å². The number of carbonyl (C=O) groups excluding carboxylic acids is 1. The lowest BCUT2D eigenvalue weighted by molar-refractivity contribution is -0.119. The molecule has 0 spiro atoms. The predicted molar refractivity (Wildman–Crippen MR) is 67.2 cm³/mol. The lowest BCUT2D eigenvalue weighted by Gasteiger charge is -2.24. The van der Waals surface area contributed by atoms with E-state index in [1.807, 2.05) is 31.2 Å². The highest BCUT2D eigenvalue weighted by molar-refractivity contribution is 5.98. The molecule has 1 amide bonds. The van der Waals surface area contributed by atoms with Gasteiger partial charge in [0.05, 0.1) is 18.3 Å². The normalized spacial score (nSPS) is 16.7. The molecular formula is C13H18N2O2. The van der Waals surface area contributed by atoms with E-state index in [1.165, 1.54) is 0 Å². The zero-order valence-electron chi connectivity index (χ0n) is 10.1. The molecule has 17 heavy (non-hydrogen) atoms. The molecule has 2 rings (SSSR count). The molecule has 0 aliphatic carbocycles. The van der Waals surface area contributed by atoms with Crippen molar-refractivity contribution in [2.75, 3.05) is 18.1 Å². The number of hydrogen-bond donors (Lipinski definition) is 1. The highest BCUT2D eigenvalue weighted by atomic mass is 16.5. The molecular weight excluding hydrogens is 216 g/mol. The molecule has 2 N–H and O–H groups in total. The summed E-state index contributed by atoms with van der Waals surface area (Å²) in [5.74, 6) is 0.743. The fourth-order valence-electron chi connectivity index (χ4n) is 1.93. The average Bonchev–Trinajstić information content (AvgIpc) is 2.59. The summed E-state index contributed by atoms with van der Waals surface area (Å²) < 4.78 is 5.61. The molecule has 0 saturated heterocycles. The van der Waals surface area contributed by atoms with E-state index in [1.54, 1.807) is 4.90 Å². The first-order chi connectivity index (χ1) is 8.24. The molecule has 1 atom stereocenters. The zero-order valence-corrected chi connectivity index (χ0v) is 10.1. The quantitative estimate of drug-likeness (QED) is 0.844. The fraction of sp³-hybridized carbons (Fsp3) is 0.462. The molecule has 0 fully saturated rings. The van der Waals surface area contributed by atoms with Crippen LogP contribution in [0.25, 0.3) is 0 Å². The highest BCUT2D eigenvalue weighted by Gasteiger charge is 2.24. The van der Waals surface area contributed by atoms with E-state index in [4.69, 9.17) is 10.5 Å². The number of fused-ring (bicyclic) bond motifs is 1. The van der Waals surface area contributed by atoms with Gasteiger partial charge in [-0.1, -0.05) is 19.1 Å². The number of hydrogen-bond acceptors (Lipinski definition) is 3. The van der Waals surface area contributed by atoms with Gasteiger partial charge in [-0.2, -0.15) is 0 Å². The van der Waals surface area contributed by atoms with Gasteiger partial charge in [0, 0.05) is 6.54 Å². The Morgan fingerprint density at radius 1 is 1.53 bits per heavy atom. The van der Waals surface area contributed by atoms with E-state index in [9.17, 15) is 4.79 Å². The fourth-order valence-corrected chi connectivity index (χ4v) is 1.93. The summed E-state index contributed by atoms with van der Waals surface area (Å²) in [6.07, 6.45) is 1.48. The average molecular weight is 234 g/mol. The number of nitrogens with two attached hydrogens (primary N) is 1. The molecule has 1 aromatic carbocycles. The van der Waals surface area contributed by atoms with E-state index in [0.717, 1.165) is 17.9 Å². The van der Waals surface area contributed by atoms with Crippen molar-refractivity contribution in [3.63, 3.8) is 0 Å². The van der Waals surface area contributed by atoms with Crippen molar-refractivity contribution in [1.29, 1.82) is 0 Å². The number of para-hydroxylation sites is 2. The molecule has 1 aliphatic heterocycles. The standard InChI is InChI=1S/C13H18N2O2/c1-2-10(14)13(16)15-8-5-9-17-12-7-4-3-6-11(12)15/h3-4,6-7,10H,2,5,8-9,14H2,1H3/t10-/m1/s1. The molecule has 4 heteroatoms. The van der Waals surface area contributed by atoms with Crippen LogP contribution in [-0.2, 0) is 4.79 Å². The van der Waals surface area contributed by atoms with Crippen molar-refractivity contribution >= 4 is 11.6 Å². The number of ether oxygens (including phenoxy) is 1. The first-order valence-corrected chi connectivity index (χ1v) is 6.03. The van der Waals surface area contributed by atoms with Crippen molar-refractivity contribution < 1.29 is 9.53 Å². The van der Waals surface area contributed by atoms with Crippen LogP contribution in [0, 0.1) is 0 Å². The van der Waals surface area contributed by atoms with E-state index in [2.05, 4.69) is 0 Å². The van der Waals surface area contributed by atoms with E-state index < -0.39 is 6.04 Å². The Kier molecular flexibility index (Phi) is 3.64. The van der Waals surface area contributed by atoms with Crippen LogP contribution in [0.2, 0.25) is 0 Å². The summed E-state index contributed by atoms with van der Waals surface area (Å²) in [6.45, 7) is 3.23. The van der Waals surface area contributed by atoms with Gasteiger partial charge in [0.2, 0.25) is 5.91 Å². The van der Waals surface area contributed by atoms with Crippen molar-refractivity contribution in [2.24, 2.45) is 5.73 Å². The van der Waals surface area contributed by atoms with Crippen LogP contribution in [0.5, 0.6) is 5.75 Å². The van der Waals surface area contributed by atoms with Crippen molar-refractivity contribution in [3.05, 3.63) is 24.3 Å². The third-order valence-corrected chi connectivity index (χ3v) is 2.96. The summed E-state index contributed by atoms with van der Waals surface area (Å²) in [6, 6.07) is 7.18. The van der Waals surface area contributed by atoms with Crippen LogP contribution >= 0.6 is 0 Å². The zero-order chi connectivity index (χ0) is 12.3. The van der Waals surface area contributed by atoms with Crippen LogP contribution in [0.3, 0.4) is 0 Å². The Hall–Kier alpha value is -1.55. The largest absolute Gasteiger partial charge is 0.491 e. The van der Waals surface area contributed by atoms with Crippen LogP contribution in [0.4, 0.5) is 5.69 Å². The van der Waals surface area contributed by atoms with Crippen molar-refractivity contribution in [3.8, 4) is 5.75 Å². The van der Waals surface area contributed by atoms with Gasteiger partial charge in [-0.15, -0.1) is 0 Å². The number of anilines is 1. The predicted octanol–water partition coefficient (Wildman–Crippen LogP) is 1.54. The first kappa shape index (κ1) is 11.9. The number of rotatable bonds is 2. The molecule has 1 heterocycles. The summed E-state index contributed by atoms with van der Waals surface area (Å²) in [5.41, 5.74) is 6.66. The summed E-state index contributed by atoms with van der Waals surface area (Å²) in [7, 11) is 0. The van der Waals surface area contributed by atoms with Gasteiger partial charge in [-0.05, 0) is 25.0 Å². The van der Waals surface area contributed by atoms with Crippen LogP contribution in [0.1, 0.15) is 19.8 Å². The Bertz CT molecular complexity index is 406. The maximum atomic E-state index is 12.2. The van der Waals surface area contributed by atoms with E-state index >= 15 is 0 Å². The third kappa shape index (κ3) is 2.42. The SMILES string of the molecule is CC[C@@H](N)C(=O)N1CCCOc2ccccc21. The van der Waals surface area contributed by atoms with Gasteiger partial charge < -0.3 is 15.4 Å². The minimum Gasteiger partial charge on any atom is -0.491 e. The molecule has 1 aromatic rings. The van der Waals surface area contributed by atoms with Gasteiger partial charge in [0.25, 0.3) is 0 Å². The second-order valence-electron chi connectivity index (χ2n) is 4.17. The Balaban J connectivity index is 2.31. The van der Waals surface area contributed by atoms with Gasteiger partial charge in [-0.3, -0.25) is 4.79 Å². The highest BCUT2D eigenvalue weighted by Crippen LogP contribution is 2.30. The number of benzene rings is 1. The first-order valence-electron chi connectivity index (χ1n) is 6.03. The molecule has 4 nitrogen and oxygen atoms in total. The van der Waals surface area contributed by atoms with Gasteiger partial charge in [-0.25, -0.2) is 0 Å². The summed E-state index contributed by atoms with van der Waals surface area (Å²) in [5, 5.41) is 0. The second-order valence-corrected chi connectivity index (χ2v) is 4.17. The summed E-state index contributed by atoms with van der Waals surface area (Å²) >= 11 is 0. The third-order valence-electron chi connectivity index (χ3n) is 2.96. The van der Waals surface area contributed by atoms with Gasteiger partial charge in [0.1, 0.15) is 5.75 Å². The van der Waals surface area contributed by atoms with Crippen LogP contribution in [-0.4, -0.2) is 25.1 Å².